The van der Waals surface area contributed by atoms with Crippen LogP contribution in [-0.2, 0) is 11.3 Å². The molecule has 2 amide bonds. The monoisotopic (exact) mass is 388 g/mol. The predicted molar refractivity (Wildman–Crippen MR) is 104 cm³/mol. The van der Waals surface area contributed by atoms with Gasteiger partial charge in [-0.25, -0.2) is 4.98 Å². The highest BCUT2D eigenvalue weighted by Crippen LogP contribution is 2.32. The molecule has 0 bridgehead atoms. The Bertz CT molecular complexity index is 843. The number of carbonyl (C=O) groups is 2. The second-order valence-electron chi connectivity index (χ2n) is 6.47. The van der Waals surface area contributed by atoms with Gasteiger partial charge < -0.3 is 10.2 Å². The van der Waals surface area contributed by atoms with Gasteiger partial charge in [-0.1, -0.05) is 0 Å². The smallest absolute Gasteiger partial charge is 0.254 e. The van der Waals surface area contributed by atoms with Crippen molar-refractivity contribution >= 4 is 40.6 Å². The molecule has 4 rings (SSSR count). The van der Waals surface area contributed by atoms with E-state index in [1.807, 2.05) is 24.0 Å². The summed E-state index contributed by atoms with van der Waals surface area (Å²) in [4.78, 5) is 34.1. The summed E-state index contributed by atoms with van der Waals surface area (Å²) in [5.74, 6) is 0.445. The van der Waals surface area contributed by atoms with Gasteiger partial charge in [-0.3, -0.25) is 14.5 Å². The van der Waals surface area contributed by atoms with Crippen LogP contribution < -0.4 is 5.32 Å². The molecule has 1 saturated heterocycles. The zero-order valence-electron chi connectivity index (χ0n) is 14.5. The van der Waals surface area contributed by atoms with Gasteiger partial charge in [0.2, 0.25) is 5.91 Å². The Balaban J connectivity index is 1.37. The van der Waals surface area contributed by atoms with E-state index in [-0.39, 0.29) is 11.8 Å². The Morgan fingerprint density at radius 1 is 1.27 bits per heavy atom. The summed E-state index contributed by atoms with van der Waals surface area (Å²) in [6.07, 6.45) is 0. The van der Waals surface area contributed by atoms with E-state index in [9.17, 15) is 9.59 Å². The molecule has 0 unspecified atom stereocenters. The Kier molecular flexibility index (Phi) is 4.97. The van der Waals surface area contributed by atoms with Crippen LogP contribution in [0.3, 0.4) is 0 Å². The Morgan fingerprint density at radius 3 is 2.81 bits per heavy atom. The van der Waals surface area contributed by atoms with E-state index in [2.05, 4.69) is 20.6 Å². The largest absolute Gasteiger partial charge is 0.336 e. The van der Waals surface area contributed by atoms with Gasteiger partial charge in [-0.2, -0.15) is 0 Å². The number of nitrogens with one attached hydrogen (secondary N) is 1. The predicted octanol–water partition coefficient (Wildman–Crippen LogP) is 2.45. The van der Waals surface area contributed by atoms with E-state index in [1.54, 1.807) is 17.4 Å². The van der Waals surface area contributed by atoms with E-state index in [1.165, 1.54) is 11.8 Å². The molecule has 2 aliphatic rings. The van der Waals surface area contributed by atoms with Crippen LogP contribution >= 0.6 is 23.1 Å². The molecule has 2 aliphatic heterocycles. The first-order chi connectivity index (χ1) is 12.6. The van der Waals surface area contributed by atoms with Crippen molar-refractivity contribution in [3.63, 3.8) is 0 Å². The summed E-state index contributed by atoms with van der Waals surface area (Å²) < 4.78 is 0. The van der Waals surface area contributed by atoms with Crippen LogP contribution in [-0.4, -0.2) is 58.5 Å². The quantitative estimate of drug-likeness (QED) is 0.875. The lowest BCUT2D eigenvalue weighted by atomic mass is 10.1. The molecule has 0 aliphatic carbocycles. The second kappa shape index (κ2) is 7.38. The molecular formula is C18H20N4O2S2. The molecule has 2 aromatic rings. The first-order valence-electron chi connectivity index (χ1n) is 8.58. The Labute approximate surface area is 160 Å². The maximum atomic E-state index is 12.8. The molecule has 1 N–H and O–H groups in total. The van der Waals surface area contributed by atoms with Crippen molar-refractivity contribution in [2.75, 3.05) is 37.2 Å². The van der Waals surface area contributed by atoms with Crippen molar-refractivity contribution in [3.05, 3.63) is 39.8 Å². The summed E-state index contributed by atoms with van der Waals surface area (Å²) in [5.41, 5.74) is 2.49. The van der Waals surface area contributed by atoms with Gasteiger partial charge in [-0.15, -0.1) is 23.1 Å². The van der Waals surface area contributed by atoms with Gasteiger partial charge in [-0.05, 0) is 25.1 Å². The van der Waals surface area contributed by atoms with E-state index in [0.29, 0.717) is 24.4 Å². The highest BCUT2D eigenvalue weighted by molar-refractivity contribution is 8.00. The van der Waals surface area contributed by atoms with Crippen molar-refractivity contribution in [1.29, 1.82) is 0 Å². The van der Waals surface area contributed by atoms with E-state index in [4.69, 9.17) is 0 Å². The third-order valence-corrected chi connectivity index (χ3v) is 6.47. The molecule has 0 saturated carbocycles. The summed E-state index contributed by atoms with van der Waals surface area (Å²) in [7, 11) is 0. The van der Waals surface area contributed by atoms with Crippen LogP contribution in [0.2, 0.25) is 0 Å². The van der Waals surface area contributed by atoms with Gasteiger partial charge >= 0.3 is 0 Å². The molecule has 0 atom stereocenters. The average Bonchev–Trinajstić information content (AvgIpc) is 3.06. The van der Waals surface area contributed by atoms with Crippen molar-refractivity contribution in [2.45, 2.75) is 18.4 Å². The minimum atomic E-state index is -0.0158. The lowest BCUT2D eigenvalue weighted by molar-refractivity contribution is -0.113. The summed E-state index contributed by atoms with van der Waals surface area (Å²) in [6, 6.07) is 5.58. The SMILES string of the molecule is Cc1nc(CN2CCN(C(=O)c3ccc4c(c3)NC(=O)CS4)CC2)cs1. The normalized spacial score (nSPS) is 17.7. The Hall–Kier alpha value is -1.90. The molecule has 1 aromatic carbocycles. The van der Waals surface area contributed by atoms with E-state index in [0.717, 1.165) is 40.9 Å². The number of rotatable bonds is 3. The van der Waals surface area contributed by atoms with Gasteiger partial charge in [0.1, 0.15) is 0 Å². The molecule has 0 spiro atoms. The third kappa shape index (κ3) is 3.77. The fourth-order valence-corrected chi connectivity index (χ4v) is 4.61. The topological polar surface area (TPSA) is 65.5 Å². The molecule has 26 heavy (non-hydrogen) atoms. The Morgan fingerprint density at radius 2 is 2.08 bits per heavy atom. The number of aromatic nitrogens is 1. The van der Waals surface area contributed by atoms with Gasteiger partial charge in [0.05, 0.1) is 22.1 Å². The number of fused-ring (bicyclic) bond motifs is 1. The number of thiazole rings is 1. The number of thioether (sulfide) groups is 1. The van der Waals surface area contributed by atoms with E-state index >= 15 is 0 Å². The summed E-state index contributed by atoms with van der Waals surface area (Å²) in [5, 5.41) is 6.04. The molecule has 3 heterocycles. The minimum Gasteiger partial charge on any atom is -0.336 e. The number of nitrogens with zero attached hydrogens (tertiary/aromatic N) is 3. The highest BCUT2D eigenvalue weighted by Gasteiger charge is 2.24. The molecule has 6 nitrogen and oxygen atoms in total. The molecule has 8 heteroatoms. The van der Waals surface area contributed by atoms with Crippen LogP contribution in [0.15, 0.2) is 28.5 Å². The van der Waals surface area contributed by atoms with Crippen LogP contribution in [0, 0.1) is 6.92 Å². The van der Waals surface area contributed by atoms with E-state index < -0.39 is 0 Å². The fraction of sp³-hybridized carbons (Fsp3) is 0.389. The number of benzene rings is 1. The fourth-order valence-electron chi connectivity index (χ4n) is 3.22. The summed E-state index contributed by atoms with van der Waals surface area (Å²) in [6.45, 7) is 5.97. The van der Waals surface area contributed by atoms with Crippen LogP contribution in [0.25, 0.3) is 0 Å². The van der Waals surface area contributed by atoms with Crippen LogP contribution in [0.4, 0.5) is 5.69 Å². The number of amides is 2. The molecule has 1 fully saturated rings. The molecule has 1 aromatic heterocycles. The molecular weight excluding hydrogens is 368 g/mol. The number of aryl methyl sites for hydroxylation is 1. The first-order valence-corrected chi connectivity index (χ1v) is 10.4. The maximum Gasteiger partial charge on any atom is 0.254 e. The highest BCUT2D eigenvalue weighted by atomic mass is 32.2. The van der Waals surface area contributed by atoms with Crippen LogP contribution in [0.5, 0.6) is 0 Å². The van der Waals surface area contributed by atoms with Crippen LogP contribution in [0.1, 0.15) is 21.1 Å². The summed E-state index contributed by atoms with van der Waals surface area (Å²) >= 11 is 3.18. The number of hydrogen-bond donors (Lipinski definition) is 1. The van der Waals surface area contributed by atoms with Gasteiger partial charge in [0.15, 0.2) is 0 Å². The van der Waals surface area contributed by atoms with Gasteiger partial charge in [0, 0.05) is 48.6 Å². The number of piperazine rings is 1. The lowest BCUT2D eigenvalue weighted by Crippen LogP contribution is -2.48. The zero-order chi connectivity index (χ0) is 18.1. The molecule has 0 radical (unpaired) electrons. The standard InChI is InChI=1S/C18H20N4O2S2/c1-12-19-14(10-25-12)9-21-4-6-22(7-5-21)18(24)13-2-3-16-15(8-13)20-17(23)11-26-16/h2-3,8,10H,4-7,9,11H2,1H3,(H,20,23). The van der Waals surface area contributed by atoms with Crippen molar-refractivity contribution < 1.29 is 9.59 Å². The number of carbonyl (C=O) groups excluding carboxylic acids is 2. The average molecular weight is 389 g/mol. The lowest BCUT2D eigenvalue weighted by Gasteiger charge is -2.34. The maximum absolute atomic E-state index is 12.8. The first kappa shape index (κ1) is 17.5. The van der Waals surface area contributed by atoms with Crippen molar-refractivity contribution in [1.82, 2.24) is 14.8 Å². The molecule has 136 valence electrons. The number of anilines is 1. The van der Waals surface area contributed by atoms with Gasteiger partial charge in [0.25, 0.3) is 5.91 Å². The van der Waals surface area contributed by atoms with Crippen molar-refractivity contribution in [3.8, 4) is 0 Å². The zero-order valence-corrected chi connectivity index (χ0v) is 16.2. The minimum absolute atomic E-state index is 0.0158. The third-order valence-electron chi connectivity index (χ3n) is 4.57. The number of hydrogen-bond acceptors (Lipinski definition) is 6. The van der Waals surface area contributed by atoms with Crippen molar-refractivity contribution in [2.24, 2.45) is 0 Å². The second-order valence-corrected chi connectivity index (χ2v) is 8.55.